The largest absolute Gasteiger partial charge is 0.256 e. The zero-order valence-electron chi connectivity index (χ0n) is 34.4. The molecule has 5 nitrogen and oxygen atoms in total. The fraction of sp³-hybridized carbons (Fsp3) is 0. The van der Waals surface area contributed by atoms with E-state index in [0.29, 0.717) is 23.0 Å². The van der Waals surface area contributed by atoms with Crippen molar-refractivity contribution in [3.63, 3.8) is 0 Å². The molecule has 1 aliphatic carbocycles. The highest BCUT2D eigenvalue weighted by molar-refractivity contribution is 6.24. The van der Waals surface area contributed by atoms with Crippen LogP contribution in [-0.4, -0.2) is 19.9 Å². The van der Waals surface area contributed by atoms with Crippen molar-refractivity contribution in [1.29, 1.82) is 5.26 Å². The summed E-state index contributed by atoms with van der Waals surface area (Å²) in [6, 6.07) is 73.9. The third-order valence-corrected chi connectivity index (χ3v) is 12.4. The number of fused-ring (bicyclic) bond motifs is 4. The van der Waals surface area contributed by atoms with Crippen molar-refractivity contribution in [2.75, 3.05) is 0 Å². The van der Waals surface area contributed by atoms with Crippen LogP contribution in [0.2, 0.25) is 0 Å². The standard InChI is InChI=1S/C59H35N5/c60-35-37-21-23-39(24-22-37)54-34-29-43(36-61-54)45-30-31-52-48-15-7-8-16-49(48)53-33-32-51(55(45)56(52)53)50-20-10-18-46-44(17-9-19-47(46)50)38-25-27-42(28-26-38)59-63-57(40-11-3-1-4-12-40)62-58(64-59)41-13-5-2-6-14-41/h1-34,36H. The lowest BCUT2D eigenvalue weighted by atomic mass is 9.86. The minimum absolute atomic E-state index is 0.628. The number of nitrogens with zero attached hydrogens (tertiary/aromatic N) is 5. The summed E-state index contributed by atoms with van der Waals surface area (Å²) >= 11 is 0. The van der Waals surface area contributed by atoms with Gasteiger partial charge in [0.25, 0.3) is 0 Å². The number of aromatic nitrogens is 4. The second kappa shape index (κ2) is 15.3. The van der Waals surface area contributed by atoms with E-state index in [-0.39, 0.29) is 0 Å². The average molecular weight is 814 g/mol. The fourth-order valence-corrected chi connectivity index (χ4v) is 9.33. The SMILES string of the molecule is N#Cc1ccc(-c2ccc(-c3ccc4c5c(ccc(-c6cccc7c(-c8ccc(-c9nc(-c%10ccccc%10)nc(-c%10ccccc%10)n9)cc8)cccc67)c35)-c3ccccc3-4)cn2)cc1. The summed E-state index contributed by atoms with van der Waals surface area (Å²) in [5.41, 5.74) is 17.1. The highest BCUT2D eigenvalue weighted by Crippen LogP contribution is 2.52. The van der Waals surface area contributed by atoms with Gasteiger partial charge in [0.1, 0.15) is 0 Å². The summed E-state index contributed by atoms with van der Waals surface area (Å²) in [4.78, 5) is 19.8. The van der Waals surface area contributed by atoms with E-state index in [1.54, 1.807) is 0 Å². The number of nitriles is 1. The number of rotatable bonds is 7. The fourth-order valence-electron chi connectivity index (χ4n) is 9.33. The molecule has 1 aliphatic rings. The molecule has 2 heterocycles. The quantitative estimate of drug-likeness (QED) is 0.160. The Morgan fingerprint density at radius 1 is 0.297 bits per heavy atom. The molecule has 12 rings (SSSR count). The van der Waals surface area contributed by atoms with E-state index in [1.807, 2.05) is 91.1 Å². The molecule has 0 bridgehead atoms. The predicted octanol–water partition coefficient (Wildman–Crippen LogP) is 14.8. The molecule has 0 amide bonds. The van der Waals surface area contributed by atoms with Crippen LogP contribution in [0, 0.1) is 11.3 Å². The first-order valence-electron chi connectivity index (χ1n) is 21.3. The van der Waals surface area contributed by atoms with Crippen molar-refractivity contribution >= 4 is 21.5 Å². The van der Waals surface area contributed by atoms with E-state index in [0.717, 1.165) is 50.2 Å². The Balaban J connectivity index is 0.974. The van der Waals surface area contributed by atoms with Gasteiger partial charge >= 0.3 is 0 Å². The van der Waals surface area contributed by atoms with Gasteiger partial charge in [0.2, 0.25) is 0 Å². The highest BCUT2D eigenvalue weighted by atomic mass is 15.0. The molecule has 0 unspecified atom stereocenters. The molecule has 0 fully saturated rings. The molecule has 5 heteroatoms. The summed E-state index contributed by atoms with van der Waals surface area (Å²) in [6.07, 6.45) is 1.98. The van der Waals surface area contributed by atoms with Crippen molar-refractivity contribution in [3.05, 3.63) is 218 Å². The first-order valence-corrected chi connectivity index (χ1v) is 21.3. The first-order chi connectivity index (χ1) is 31.7. The molecular formula is C59H35N5. The molecule has 0 atom stereocenters. The molecule has 0 radical (unpaired) electrons. The number of benzene rings is 9. The maximum Gasteiger partial charge on any atom is 0.164 e. The van der Waals surface area contributed by atoms with Crippen LogP contribution in [0.1, 0.15) is 5.56 Å². The molecule has 296 valence electrons. The molecule has 0 N–H and O–H groups in total. The minimum atomic E-state index is 0.628. The van der Waals surface area contributed by atoms with Crippen LogP contribution >= 0.6 is 0 Å². The normalized spacial score (nSPS) is 11.4. The Morgan fingerprint density at radius 3 is 1.30 bits per heavy atom. The van der Waals surface area contributed by atoms with Gasteiger partial charge in [-0.05, 0) is 89.8 Å². The Hall–Kier alpha value is -8.85. The second-order valence-electron chi connectivity index (χ2n) is 16.1. The predicted molar refractivity (Wildman–Crippen MR) is 260 cm³/mol. The highest BCUT2D eigenvalue weighted by Gasteiger charge is 2.25. The molecule has 0 saturated carbocycles. The van der Waals surface area contributed by atoms with Crippen LogP contribution in [0.5, 0.6) is 0 Å². The van der Waals surface area contributed by atoms with Gasteiger partial charge < -0.3 is 0 Å². The topological polar surface area (TPSA) is 75.3 Å². The van der Waals surface area contributed by atoms with Gasteiger partial charge in [-0.2, -0.15) is 5.26 Å². The molecule has 0 spiro atoms. The molecule has 2 aromatic heterocycles. The number of hydrogen-bond donors (Lipinski definition) is 0. The third kappa shape index (κ3) is 6.24. The van der Waals surface area contributed by atoms with Gasteiger partial charge in [0, 0.05) is 34.0 Å². The van der Waals surface area contributed by atoms with E-state index >= 15 is 0 Å². The summed E-state index contributed by atoms with van der Waals surface area (Å²) in [6.45, 7) is 0. The van der Waals surface area contributed by atoms with Gasteiger partial charge in [-0.15, -0.1) is 0 Å². The van der Waals surface area contributed by atoms with Crippen molar-refractivity contribution < 1.29 is 0 Å². The Labute approximate surface area is 370 Å². The average Bonchev–Trinajstić information content (AvgIpc) is 3.71. The van der Waals surface area contributed by atoms with E-state index in [1.165, 1.54) is 54.9 Å². The van der Waals surface area contributed by atoms with Gasteiger partial charge in [-0.25, -0.2) is 15.0 Å². The summed E-state index contributed by atoms with van der Waals surface area (Å²) in [7, 11) is 0. The van der Waals surface area contributed by atoms with E-state index in [4.69, 9.17) is 19.9 Å². The van der Waals surface area contributed by atoms with Gasteiger partial charge in [-0.3, -0.25) is 4.98 Å². The lowest BCUT2D eigenvalue weighted by molar-refractivity contribution is 1.07. The van der Waals surface area contributed by atoms with Crippen LogP contribution in [0.4, 0.5) is 0 Å². The summed E-state index contributed by atoms with van der Waals surface area (Å²) in [5, 5.41) is 14.2. The Bertz CT molecular complexity index is 3540. The molecule has 0 aliphatic heterocycles. The minimum Gasteiger partial charge on any atom is -0.256 e. The molecule has 11 aromatic rings. The van der Waals surface area contributed by atoms with Crippen LogP contribution in [0.15, 0.2) is 212 Å². The van der Waals surface area contributed by atoms with Crippen LogP contribution in [-0.2, 0) is 0 Å². The zero-order valence-corrected chi connectivity index (χ0v) is 34.4. The molecule has 9 aromatic carbocycles. The lowest BCUT2D eigenvalue weighted by Crippen LogP contribution is -2.00. The van der Waals surface area contributed by atoms with Crippen molar-refractivity contribution in [3.8, 4) is 107 Å². The van der Waals surface area contributed by atoms with Crippen molar-refractivity contribution in [2.24, 2.45) is 0 Å². The Kier molecular flexibility index (Phi) is 8.81. The maximum atomic E-state index is 9.32. The van der Waals surface area contributed by atoms with E-state index < -0.39 is 0 Å². The Morgan fingerprint density at radius 2 is 0.734 bits per heavy atom. The van der Waals surface area contributed by atoms with Gasteiger partial charge in [0.15, 0.2) is 17.5 Å². The molecular weight excluding hydrogens is 779 g/mol. The van der Waals surface area contributed by atoms with E-state index in [9.17, 15) is 5.26 Å². The van der Waals surface area contributed by atoms with Crippen molar-refractivity contribution in [1.82, 2.24) is 19.9 Å². The number of hydrogen-bond acceptors (Lipinski definition) is 5. The maximum absolute atomic E-state index is 9.32. The van der Waals surface area contributed by atoms with Gasteiger partial charge in [-0.1, -0.05) is 188 Å². The van der Waals surface area contributed by atoms with E-state index in [2.05, 4.69) is 127 Å². The van der Waals surface area contributed by atoms with Crippen LogP contribution < -0.4 is 0 Å². The molecule has 0 saturated heterocycles. The summed E-state index contributed by atoms with van der Waals surface area (Å²) in [5.74, 6) is 1.91. The summed E-state index contributed by atoms with van der Waals surface area (Å²) < 4.78 is 0. The second-order valence-corrected chi connectivity index (χ2v) is 16.1. The van der Waals surface area contributed by atoms with Crippen LogP contribution in [0.3, 0.4) is 0 Å². The number of pyridine rings is 1. The molecule has 64 heavy (non-hydrogen) atoms. The lowest BCUT2D eigenvalue weighted by Gasteiger charge is -2.17. The van der Waals surface area contributed by atoms with Crippen LogP contribution in [0.25, 0.3) is 123 Å². The van der Waals surface area contributed by atoms with Gasteiger partial charge in [0.05, 0.1) is 17.3 Å². The zero-order chi connectivity index (χ0) is 42.6. The monoisotopic (exact) mass is 813 g/mol. The smallest absolute Gasteiger partial charge is 0.164 e. The first kappa shape index (κ1) is 37.0. The third-order valence-electron chi connectivity index (χ3n) is 12.4. The van der Waals surface area contributed by atoms with Crippen molar-refractivity contribution in [2.45, 2.75) is 0 Å².